The van der Waals surface area contributed by atoms with Gasteiger partial charge >= 0.3 is 0 Å². The Morgan fingerprint density at radius 3 is 2.59 bits per heavy atom. The van der Waals surface area contributed by atoms with Crippen LogP contribution in [-0.4, -0.2) is 42.5 Å². The first kappa shape index (κ1) is 19.0. The second-order valence-electron chi connectivity index (χ2n) is 7.09. The summed E-state index contributed by atoms with van der Waals surface area (Å²) in [6, 6.07) is 11.2. The average Bonchev–Trinajstić information content (AvgIpc) is 3.21. The summed E-state index contributed by atoms with van der Waals surface area (Å²) < 4.78 is 10.9. The van der Waals surface area contributed by atoms with E-state index in [-0.39, 0.29) is 24.5 Å². The van der Waals surface area contributed by atoms with Crippen LogP contribution in [-0.2, 0) is 4.79 Å². The van der Waals surface area contributed by atoms with Crippen LogP contribution in [0.3, 0.4) is 0 Å². The zero-order chi connectivity index (χ0) is 19.2. The number of benzene rings is 1. The second-order valence-corrected chi connectivity index (χ2v) is 7.09. The number of carbonyl (C=O) groups excluding carboxylic acids is 2. The van der Waals surface area contributed by atoms with E-state index in [1.807, 2.05) is 24.3 Å². The average molecular weight is 370 g/mol. The lowest BCUT2D eigenvalue weighted by molar-refractivity contribution is -0.124. The molecule has 144 valence electrons. The van der Waals surface area contributed by atoms with Crippen molar-refractivity contribution in [1.29, 1.82) is 0 Å². The Balaban J connectivity index is 1.44. The third-order valence-corrected chi connectivity index (χ3v) is 4.78. The van der Waals surface area contributed by atoms with Gasteiger partial charge in [-0.3, -0.25) is 9.59 Å². The molecule has 2 heterocycles. The predicted molar refractivity (Wildman–Crippen MR) is 102 cm³/mol. The minimum atomic E-state index is -0.135. The van der Waals surface area contributed by atoms with Crippen molar-refractivity contribution in [2.75, 3.05) is 19.7 Å². The molecule has 6 nitrogen and oxygen atoms in total. The van der Waals surface area contributed by atoms with E-state index in [1.54, 1.807) is 17.0 Å². The van der Waals surface area contributed by atoms with Crippen LogP contribution in [0.5, 0.6) is 5.75 Å². The maximum atomic E-state index is 12.3. The molecule has 1 aliphatic heterocycles. The topological polar surface area (TPSA) is 71.8 Å². The van der Waals surface area contributed by atoms with E-state index in [4.69, 9.17) is 9.15 Å². The molecule has 0 spiro atoms. The fourth-order valence-corrected chi connectivity index (χ4v) is 3.28. The Hall–Kier alpha value is -2.76. The van der Waals surface area contributed by atoms with Crippen molar-refractivity contribution in [3.63, 3.8) is 0 Å². The van der Waals surface area contributed by atoms with Gasteiger partial charge in [0, 0.05) is 19.1 Å². The molecular weight excluding hydrogens is 344 g/mol. The maximum absolute atomic E-state index is 12.3. The molecule has 0 atom stereocenters. The zero-order valence-electron chi connectivity index (χ0n) is 15.8. The number of nitrogens with zero attached hydrogens (tertiary/aromatic N) is 1. The van der Waals surface area contributed by atoms with Gasteiger partial charge in [-0.15, -0.1) is 0 Å². The Morgan fingerprint density at radius 2 is 1.93 bits per heavy atom. The molecule has 1 fully saturated rings. The molecule has 0 aliphatic carbocycles. The normalized spacial score (nSPS) is 15.0. The number of piperidine rings is 1. The van der Waals surface area contributed by atoms with Crippen molar-refractivity contribution < 1.29 is 18.7 Å². The summed E-state index contributed by atoms with van der Waals surface area (Å²) in [7, 11) is 0. The molecule has 0 unspecified atom stereocenters. The molecule has 1 aliphatic rings. The highest BCUT2D eigenvalue weighted by atomic mass is 16.5. The highest BCUT2D eigenvalue weighted by Gasteiger charge is 2.25. The summed E-state index contributed by atoms with van der Waals surface area (Å²) in [6.07, 6.45) is 2.94. The van der Waals surface area contributed by atoms with Crippen LogP contribution in [0, 0.1) is 0 Å². The molecule has 6 heteroatoms. The number of nitrogens with one attached hydrogen (secondary N) is 1. The van der Waals surface area contributed by atoms with E-state index in [2.05, 4.69) is 19.2 Å². The van der Waals surface area contributed by atoms with E-state index in [0.717, 1.165) is 24.2 Å². The lowest BCUT2D eigenvalue weighted by atomic mass is 10.0. The number of ether oxygens (including phenoxy) is 1. The number of hydrogen-bond acceptors (Lipinski definition) is 4. The molecule has 0 radical (unpaired) electrons. The second kappa shape index (κ2) is 8.75. The highest BCUT2D eigenvalue weighted by molar-refractivity contribution is 5.91. The van der Waals surface area contributed by atoms with E-state index in [9.17, 15) is 9.59 Å². The van der Waals surface area contributed by atoms with E-state index >= 15 is 0 Å². The molecule has 3 rings (SSSR count). The fourth-order valence-electron chi connectivity index (χ4n) is 3.28. The molecule has 1 N–H and O–H groups in total. The van der Waals surface area contributed by atoms with Gasteiger partial charge in [0.15, 0.2) is 12.4 Å². The molecule has 0 saturated carbocycles. The lowest BCUT2D eigenvalue weighted by Crippen LogP contribution is -2.47. The number of rotatable bonds is 6. The number of furan rings is 1. The van der Waals surface area contributed by atoms with Crippen molar-refractivity contribution >= 4 is 11.8 Å². The largest absolute Gasteiger partial charge is 0.483 e. The van der Waals surface area contributed by atoms with Gasteiger partial charge in [0.05, 0.1) is 6.26 Å². The van der Waals surface area contributed by atoms with Gasteiger partial charge in [-0.2, -0.15) is 0 Å². The van der Waals surface area contributed by atoms with E-state index in [0.29, 0.717) is 24.8 Å². The summed E-state index contributed by atoms with van der Waals surface area (Å²) in [5.74, 6) is 1.21. The SMILES string of the molecule is CC(C)c1ccccc1OCC(=O)NC1CCN(C(=O)c2ccco2)CC1. The minimum Gasteiger partial charge on any atom is -0.483 e. The van der Waals surface area contributed by atoms with Gasteiger partial charge in [-0.25, -0.2) is 0 Å². The highest BCUT2D eigenvalue weighted by Crippen LogP contribution is 2.25. The molecule has 0 bridgehead atoms. The first-order valence-electron chi connectivity index (χ1n) is 9.38. The van der Waals surface area contributed by atoms with Crippen molar-refractivity contribution in [2.45, 2.75) is 38.6 Å². The van der Waals surface area contributed by atoms with Crippen LogP contribution in [0.1, 0.15) is 48.7 Å². The summed E-state index contributed by atoms with van der Waals surface area (Å²) >= 11 is 0. The number of likely N-dealkylation sites (tertiary alicyclic amines) is 1. The number of amides is 2. The van der Waals surface area contributed by atoms with Crippen LogP contribution >= 0.6 is 0 Å². The van der Waals surface area contributed by atoms with Crippen molar-refractivity contribution in [2.24, 2.45) is 0 Å². The van der Waals surface area contributed by atoms with Crippen LogP contribution in [0.4, 0.5) is 0 Å². The van der Waals surface area contributed by atoms with Crippen molar-refractivity contribution in [3.8, 4) is 5.75 Å². The van der Waals surface area contributed by atoms with Crippen LogP contribution in [0.25, 0.3) is 0 Å². The molecule has 2 amide bonds. The van der Waals surface area contributed by atoms with Crippen molar-refractivity contribution in [1.82, 2.24) is 10.2 Å². The predicted octanol–water partition coefficient (Wildman–Crippen LogP) is 3.20. The third-order valence-electron chi connectivity index (χ3n) is 4.78. The fraction of sp³-hybridized carbons (Fsp3) is 0.429. The molecule has 27 heavy (non-hydrogen) atoms. The minimum absolute atomic E-state index is 0.00469. The van der Waals surface area contributed by atoms with Gasteiger partial charge in [0.1, 0.15) is 5.75 Å². The maximum Gasteiger partial charge on any atom is 0.289 e. The van der Waals surface area contributed by atoms with Crippen LogP contribution in [0.2, 0.25) is 0 Å². The van der Waals surface area contributed by atoms with Gasteiger partial charge < -0.3 is 19.4 Å². The van der Waals surface area contributed by atoms with Gasteiger partial charge in [-0.05, 0) is 42.5 Å². The van der Waals surface area contributed by atoms with Crippen LogP contribution in [0.15, 0.2) is 47.1 Å². The zero-order valence-corrected chi connectivity index (χ0v) is 15.8. The Bertz CT molecular complexity index is 762. The number of hydrogen-bond donors (Lipinski definition) is 1. The third kappa shape index (κ3) is 4.90. The van der Waals surface area contributed by atoms with E-state index < -0.39 is 0 Å². The Kier molecular flexibility index (Phi) is 6.16. The van der Waals surface area contributed by atoms with Gasteiger partial charge in [0.25, 0.3) is 11.8 Å². The lowest BCUT2D eigenvalue weighted by Gasteiger charge is -2.31. The Morgan fingerprint density at radius 1 is 1.19 bits per heavy atom. The summed E-state index contributed by atoms with van der Waals surface area (Å²) in [4.78, 5) is 26.3. The molecule has 1 saturated heterocycles. The quantitative estimate of drug-likeness (QED) is 0.848. The molecular formula is C21H26N2O4. The molecule has 2 aromatic rings. The Labute approximate surface area is 159 Å². The smallest absolute Gasteiger partial charge is 0.289 e. The number of carbonyl (C=O) groups is 2. The molecule has 1 aromatic heterocycles. The van der Waals surface area contributed by atoms with Crippen molar-refractivity contribution in [3.05, 3.63) is 54.0 Å². The number of para-hydroxylation sites is 1. The van der Waals surface area contributed by atoms with Gasteiger partial charge in [0.2, 0.25) is 0 Å². The van der Waals surface area contributed by atoms with Crippen LogP contribution < -0.4 is 10.1 Å². The summed E-state index contributed by atoms with van der Waals surface area (Å²) in [5, 5.41) is 3.01. The molecule has 1 aromatic carbocycles. The van der Waals surface area contributed by atoms with E-state index in [1.165, 1.54) is 6.26 Å². The summed E-state index contributed by atoms with van der Waals surface area (Å²) in [6.45, 7) is 5.39. The first-order chi connectivity index (χ1) is 13.0. The standard InChI is InChI=1S/C21H26N2O4/c1-15(2)17-6-3-4-7-18(17)27-14-20(24)22-16-9-11-23(12-10-16)21(25)19-8-5-13-26-19/h3-8,13,15-16H,9-12,14H2,1-2H3,(H,22,24). The van der Waals surface area contributed by atoms with Gasteiger partial charge in [-0.1, -0.05) is 32.0 Å². The summed E-state index contributed by atoms with van der Waals surface area (Å²) in [5.41, 5.74) is 1.09. The monoisotopic (exact) mass is 370 g/mol. The first-order valence-corrected chi connectivity index (χ1v) is 9.38.